The van der Waals surface area contributed by atoms with E-state index in [1.807, 2.05) is 0 Å². The summed E-state index contributed by atoms with van der Waals surface area (Å²) in [6.07, 6.45) is 3.84. The molecule has 0 radical (unpaired) electrons. The van der Waals surface area contributed by atoms with Crippen LogP contribution >= 0.6 is 0 Å². The maximum atomic E-state index is 12.9. The van der Waals surface area contributed by atoms with E-state index in [-0.39, 0.29) is 30.2 Å². The highest BCUT2D eigenvalue weighted by Gasteiger charge is 2.48. The van der Waals surface area contributed by atoms with Gasteiger partial charge in [0.15, 0.2) is 0 Å². The molecular weight excluding hydrogens is 462 g/mol. The van der Waals surface area contributed by atoms with Gasteiger partial charge in [-0.15, -0.1) is 0 Å². The average molecular weight is 492 g/mol. The van der Waals surface area contributed by atoms with Gasteiger partial charge in [-0.1, -0.05) is 0 Å². The molecule has 1 aromatic carbocycles. The third kappa shape index (κ3) is 4.18. The first-order valence-corrected chi connectivity index (χ1v) is 12.8. The van der Waals surface area contributed by atoms with Crippen LogP contribution in [0.3, 0.4) is 0 Å². The zero-order chi connectivity index (χ0) is 24.8. The van der Waals surface area contributed by atoms with Crippen molar-refractivity contribution < 1.29 is 32.3 Å². The number of carbonyl (C=O) groups is 3. The Morgan fingerprint density at radius 2 is 1.94 bits per heavy atom. The van der Waals surface area contributed by atoms with Crippen LogP contribution in [0.4, 0.5) is 4.79 Å². The molecule has 0 bridgehead atoms. The monoisotopic (exact) mass is 491 g/mol. The van der Waals surface area contributed by atoms with Crippen LogP contribution in [-0.4, -0.2) is 66.4 Å². The fourth-order valence-corrected chi connectivity index (χ4v) is 5.77. The van der Waals surface area contributed by atoms with Crippen molar-refractivity contribution in [2.75, 3.05) is 13.6 Å². The number of rotatable bonds is 8. The number of sulfonamides is 1. The molecule has 11 heteroatoms. The molecule has 0 unspecified atom stereocenters. The molecule has 0 saturated carbocycles. The van der Waals surface area contributed by atoms with Crippen molar-refractivity contribution in [3.05, 3.63) is 29.5 Å². The largest absolute Gasteiger partial charge is 0.480 e. The van der Waals surface area contributed by atoms with Crippen LogP contribution in [0.5, 0.6) is 0 Å². The number of furan rings is 1. The van der Waals surface area contributed by atoms with Crippen LogP contribution in [0.2, 0.25) is 0 Å². The summed E-state index contributed by atoms with van der Waals surface area (Å²) in [6, 6.07) is 2.71. The topological polar surface area (TPSA) is 137 Å². The summed E-state index contributed by atoms with van der Waals surface area (Å²) in [4.78, 5) is 38.9. The number of imide groups is 1. The Morgan fingerprint density at radius 1 is 1.24 bits per heavy atom. The number of carbonyl (C=O) groups excluding carboxylic acids is 2. The lowest BCUT2D eigenvalue weighted by molar-refractivity contribution is -0.139. The molecule has 1 fully saturated rings. The average Bonchev–Trinajstić information content (AvgIpc) is 3.23. The Balaban J connectivity index is 1.45. The lowest BCUT2D eigenvalue weighted by atomic mass is 9.96. The first kappa shape index (κ1) is 24.2. The molecule has 1 aromatic heterocycles. The van der Waals surface area contributed by atoms with E-state index in [1.54, 1.807) is 19.9 Å². The van der Waals surface area contributed by atoms with E-state index in [9.17, 15) is 27.9 Å². The summed E-state index contributed by atoms with van der Waals surface area (Å²) >= 11 is 0. The first-order valence-electron chi connectivity index (χ1n) is 11.3. The van der Waals surface area contributed by atoms with E-state index < -0.39 is 33.6 Å². The van der Waals surface area contributed by atoms with Gasteiger partial charge in [0.2, 0.25) is 10.0 Å². The standard InChI is InChI=1S/C23H29N3O7S/c1-23(2)21(29)26(22(30)25(23)3)12-6-8-17(20(27)28)24-34(31,32)14-10-11-16-15-7-4-5-9-18(15)33-19(16)13-14/h10-11,13,17,24H,4-9,12H2,1-3H3,(H,27,28)/t17-/m1/s1. The summed E-state index contributed by atoms with van der Waals surface area (Å²) in [5, 5.41) is 10.5. The highest BCUT2D eigenvalue weighted by molar-refractivity contribution is 7.89. The van der Waals surface area contributed by atoms with E-state index >= 15 is 0 Å². The molecule has 2 N–H and O–H groups in total. The number of hydrogen-bond donors (Lipinski definition) is 2. The number of nitrogens with one attached hydrogen (secondary N) is 1. The molecule has 2 heterocycles. The van der Waals surface area contributed by atoms with Gasteiger partial charge in [-0.25, -0.2) is 13.2 Å². The van der Waals surface area contributed by atoms with Gasteiger partial charge in [0.25, 0.3) is 5.91 Å². The van der Waals surface area contributed by atoms with Crippen LogP contribution in [0, 0.1) is 0 Å². The van der Waals surface area contributed by atoms with Gasteiger partial charge in [-0.05, 0) is 58.1 Å². The second kappa shape index (κ2) is 8.70. The molecule has 1 aliphatic heterocycles. The van der Waals surface area contributed by atoms with Gasteiger partial charge in [-0.3, -0.25) is 14.5 Å². The van der Waals surface area contributed by atoms with E-state index in [0.29, 0.717) is 5.58 Å². The second-order valence-corrected chi connectivity index (χ2v) is 11.1. The van der Waals surface area contributed by atoms with Crippen LogP contribution in [0.1, 0.15) is 50.9 Å². The van der Waals surface area contributed by atoms with E-state index in [2.05, 4.69) is 4.72 Å². The van der Waals surface area contributed by atoms with Crippen LogP contribution in [-0.2, 0) is 32.5 Å². The maximum absolute atomic E-state index is 12.9. The maximum Gasteiger partial charge on any atom is 0.327 e. The molecule has 1 aliphatic carbocycles. The predicted octanol–water partition coefficient (Wildman–Crippen LogP) is 2.50. The van der Waals surface area contributed by atoms with Gasteiger partial charge >= 0.3 is 12.0 Å². The smallest absolute Gasteiger partial charge is 0.327 e. The molecule has 4 rings (SSSR count). The van der Waals surface area contributed by atoms with Gasteiger partial charge < -0.3 is 14.4 Å². The molecule has 34 heavy (non-hydrogen) atoms. The number of urea groups is 1. The molecule has 184 valence electrons. The summed E-state index contributed by atoms with van der Waals surface area (Å²) in [5.41, 5.74) is 0.607. The summed E-state index contributed by atoms with van der Waals surface area (Å²) < 4.78 is 34.0. The number of aryl methyl sites for hydroxylation is 2. The van der Waals surface area contributed by atoms with Crippen molar-refractivity contribution in [2.24, 2.45) is 0 Å². The number of benzene rings is 1. The predicted molar refractivity (Wildman–Crippen MR) is 123 cm³/mol. The van der Waals surface area contributed by atoms with Gasteiger partial charge in [0.05, 0.1) is 4.90 Å². The molecule has 0 spiro atoms. The lowest BCUT2D eigenvalue weighted by Crippen LogP contribution is -2.42. The molecule has 10 nitrogen and oxygen atoms in total. The zero-order valence-corrected chi connectivity index (χ0v) is 20.3. The van der Waals surface area contributed by atoms with Crippen molar-refractivity contribution in [2.45, 2.75) is 68.8 Å². The Labute approximate surface area is 197 Å². The fraction of sp³-hybridized carbons (Fsp3) is 0.522. The van der Waals surface area contributed by atoms with Crippen molar-refractivity contribution >= 4 is 38.9 Å². The summed E-state index contributed by atoms with van der Waals surface area (Å²) in [7, 11) is -2.61. The Morgan fingerprint density at radius 3 is 2.59 bits per heavy atom. The van der Waals surface area contributed by atoms with Crippen molar-refractivity contribution in [1.29, 1.82) is 0 Å². The van der Waals surface area contributed by atoms with Gasteiger partial charge in [0.1, 0.15) is 22.9 Å². The van der Waals surface area contributed by atoms with Crippen LogP contribution in [0.25, 0.3) is 11.0 Å². The normalized spacial score (nSPS) is 19.0. The third-order valence-corrected chi connectivity index (χ3v) is 8.30. The highest BCUT2D eigenvalue weighted by Crippen LogP contribution is 2.33. The Kier molecular flexibility index (Phi) is 6.19. The molecule has 1 saturated heterocycles. The second-order valence-electron chi connectivity index (χ2n) is 9.38. The number of amides is 3. The summed E-state index contributed by atoms with van der Waals surface area (Å²) in [5.74, 6) is -0.830. The Hall–Kier alpha value is -2.92. The number of aliphatic carboxylic acids is 1. The third-order valence-electron chi connectivity index (χ3n) is 6.83. The van der Waals surface area contributed by atoms with Crippen molar-refractivity contribution in [3.8, 4) is 0 Å². The first-order chi connectivity index (χ1) is 15.9. The van der Waals surface area contributed by atoms with Crippen LogP contribution < -0.4 is 4.72 Å². The van der Waals surface area contributed by atoms with E-state index in [1.165, 1.54) is 24.1 Å². The Bertz CT molecular complexity index is 1260. The molecular formula is C23H29N3O7S. The number of carboxylic acids is 1. The zero-order valence-electron chi connectivity index (χ0n) is 19.5. The highest BCUT2D eigenvalue weighted by atomic mass is 32.2. The van der Waals surface area contributed by atoms with Crippen molar-refractivity contribution in [1.82, 2.24) is 14.5 Å². The van der Waals surface area contributed by atoms with E-state index in [0.717, 1.165) is 47.3 Å². The lowest BCUT2D eigenvalue weighted by Gasteiger charge is -2.22. The van der Waals surface area contributed by atoms with E-state index in [4.69, 9.17) is 4.42 Å². The molecule has 2 aliphatic rings. The summed E-state index contributed by atoms with van der Waals surface area (Å²) in [6.45, 7) is 3.27. The molecule has 2 aromatic rings. The minimum absolute atomic E-state index is 0.000846. The number of likely N-dealkylation sites (N-methyl/N-ethyl adjacent to an activating group) is 1. The van der Waals surface area contributed by atoms with Crippen molar-refractivity contribution in [3.63, 3.8) is 0 Å². The van der Waals surface area contributed by atoms with Crippen LogP contribution in [0.15, 0.2) is 27.5 Å². The van der Waals surface area contributed by atoms with Gasteiger partial charge in [-0.2, -0.15) is 4.72 Å². The quantitative estimate of drug-likeness (QED) is 0.541. The number of nitrogens with zero attached hydrogens (tertiary/aromatic N) is 2. The minimum atomic E-state index is -4.14. The van der Waals surface area contributed by atoms with Gasteiger partial charge in [0, 0.05) is 37.0 Å². The SMILES string of the molecule is CN1C(=O)N(CCC[C@@H](NS(=O)(=O)c2ccc3c4c(oc3c2)CCCC4)C(=O)O)C(=O)C1(C)C. The number of fused-ring (bicyclic) bond motifs is 3. The molecule has 3 amide bonds. The number of hydrogen-bond acceptors (Lipinski definition) is 6. The minimum Gasteiger partial charge on any atom is -0.480 e. The molecule has 1 atom stereocenters. The number of carboxylic acid groups (broad SMARTS) is 1. The fourth-order valence-electron chi connectivity index (χ4n) is 4.53.